The first-order chi connectivity index (χ1) is 32.1. The second kappa shape index (κ2) is 47.7. The van der Waals surface area contributed by atoms with Gasteiger partial charge in [0.1, 0.15) is 13.2 Å². The van der Waals surface area contributed by atoms with Crippen molar-refractivity contribution in [3.8, 4) is 0 Å². The van der Waals surface area contributed by atoms with Crippen LogP contribution in [0.25, 0.3) is 0 Å². The molecule has 0 saturated carbocycles. The topological polar surface area (TPSA) is 111 Å². The van der Waals surface area contributed by atoms with E-state index in [9.17, 15) is 19.5 Å². The molecule has 0 aromatic heterocycles. The van der Waals surface area contributed by atoms with E-state index in [1.54, 1.807) is 0 Å². The van der Waals surface area contributed by atoms with Crippen LogP contribution in [-0.4, -0.2) is 82.3 Å². The molecule has 0 aromatic carbocycles. The van der Waals surface area contributed by atoms with Crippen LogP contribution < -0.4 is 5.11 Å². The number of esters is 2. The van der Waals surface area contributed by atoms with Crippen molar-refractivity contribution in [2.45, 2.75) is 200 Å². The second-order valence-electron chi connectivity index (χ2n) is 18.1. The maximum Gasteiger partial charge on any atom is 0.306 e. The lowest BCUT2D eigenvalue weighted by Crippen LogP contribution is -2.44. The van der Waals surface area contributed by atoms with E-state index in [-0.39, 0.29) is 38.6 Å². The van der Waals surface area contributed by atoms with Gasteiger partial charge in [0, 0.05) is 12.8 Å². The zero-order chi connectivity index (χ0) is 48.4. The minimum Gasteiger partial charge on any atom is -0.545 e. The first kappa shape index (κ1) is 62.2. The van der Waals surface area contributed by atoms with E-state index < -0.39 is 24.3 Å². The van der Waals surface area contributed by atoms with E-state index in [1.807, 2.05) is 21.1 Å². The van der Waals surface area contributed by atoms with E-state index in [4.69, 9.17) is 18.9 Å². The van der Waals surface area contributed by atoms with Gasteiger partial charge >= 0.3 is 11.9 Å². The second-order valence-corrected chi connectivity index (χ2v) is 18.1. The Balaban J connectivity index is 4.22. The van der Waals surface area contributed by atoms with Crippen molar-refractivity contribution >= 4 is 17.9 Å². The number of carboxylic acids is 1. The molecule has 376 valence electrons. The molecule has 0 amide bonds. The van der Waals surface area contributed by atoms with Gasteiger partial charge in [-0.05, 0) is 89.9 Å². The van der Waals surface area contributed by atoms with Gasteiger partial charge in [0.2, 0.25) is 0 Å². The van der Waals surface area contributed by atoms with Gasteiger partial charge in [-0.25, -0.2) is 0 Å². The number of aliphatic carboxylic acids is 1. The molecule has 0 radical (unpaired) electrons. The first-order valence-corrected chi connectivity index (χ1v) is 25.9. The summed E-state index contributed by atoms with van der Waals surface area (Å²) in [6.45, 7) is 4.52. The lowest BCUT2D eigenvalue weighted by Gasteiger charge is -2.26. The molecule has 0 bridgehead atoms. The number of nitrogens with zero attached hydrogens (tertiary/aromatic N) is 1. The van der Waals surface area contributed by atoms with Crippen molar-refractivity contribution in [3.05, 3.63) is 97.2 Å². The van der Waals surface area contributed by atoms with Crippen molar-refractivity contribution in [1.29, 1.82) is 0 Å². The largest absolute Gasteiger partial charge is 0.545 e. The van der Waals surface area contributed by atoms with Crippen LogP contribution in [0.15, 0.2) is 97.2 Å². The quantitative estimate of drug-likeness (QED) is 0.0195. The lowest BCUT2D eigenvalue weighted by molar-refractivity contribution is -0.870. The maximum atomic E-state index is 12.8. The Bertz CT molecular complexity index is 1400. The van der Waals surface area contributed by atoms with E-state index in [0.29, 0.717) is 17.4 Å². The van der Waals surface area contributed by atoms with E-state index in [0.717, 1.165) is 116 Å². The Morgan fingerprint density at radius 3 is 1.30 bits per heavy atom. The zero-order valence-electron chi connectivity index (χ0n) is 42.5. The van der Waals surface area contributed by atoms with Crippen LogP contribution in [0.5, 0.6) is 0 Å². The monoisotopic (exact) mass is 922 g/mol. The van der Waals surface area contributed by atoms with Crippen LogP contribution in [0.4, 0.5) is 0 Å². The Morgan fingerprint density at radius 1 is 0.470 bits per heavy atom. The number of allylic oxidation sites excluding steroid dienone is 16. The summed E-state index contributed by atoms with van der Waals surface area (Å²) in [5.41, 5.74) is 0. The molecule has 66 heavy (non-hydrogen) atoms. The number of hydrogen-bond acceptors (Lipinski definition) is 8. The summed E-state index contributed by atoms with van der Waals surface area (Å²) in [5, 5.41) is 11.7. The highest BCUT2D eigenvalue weighted by Crippen LogP contribution is 2.14. The molecule has 0 aliphatic rings. The number of quaternary nitrogens is 1. The highest BCUT2D eigenvalue weighted by molar-refractivity contribution is 5.70. The summed E-state index contributed by atoms with van der Waals surface area (Å²) >= 11 is 0. The first-order valence-electron chi connectivity index (χ1n) is 25.9. The summed E-state index contributed by atoms with van der Waals surface area (Å²) < 4.78 is 22.5. The van der Waals surface area contributed by atoms with Crippen LogP contribution in [0.1, 0.15) is 187 Å². The summed E-state index contributed by atoms with van der Waals surface area (Å²) in [5.74, 6) is -2.32. The molecule has 0 heterocycles. The molecule has 9 heteroatoms. The van der Waals surface area contributed by atoms with Crippen LogP contribution in [0.2, 0.25) is 0 Å². The molecule has 0 spiro atoms. The van der Waals surface area contributed by atoms with Crippen LogP contribution in [0, 0.1) is 0 Å². The summed E-state index contributed by atoms with van der Waals surface area (Å²) in [6.07, 6.45) is 60.3. The number of ether oxygens (including phenoxy) is 4. The lowest BCUT2D eigenvalue weighted by atomic mass is 10.1. The van der Waals surface area contributed by atoms with E-state index >= 15 is 0 Å². The van der Waals surface area contributed by atoms with Gasteiger partial charge in [0.25, 0.3) is 0 Å². The Morgan fingerprint density at radius 2 is 0.864 bits per heavy atom. The third kappa shape index (κ3) is 48.2. The number of likely N-dealkylation sites (N-methyl/N-ethyl adjacent to an activating group) is 1. The predicted octanol–water partition coefficient (Wildman–Crippen LogP) is 13.3. The molecule has 0 saturated heterocycles. The van der Waals surface area contributed by atoms with Gasteiger partial charge in [0.15, 0.2) is 12.4 Å². The van der Waals surface area contributed by atoms with Crippen molar-refractivity contribution < 1.29 is 42.9 Å². The van der Waals surface area contributed by atoms with Gasteiger partial charge in [-0.15, -0.1) is 0 Å². The van der Waals surface area contributed by atoms with Gasteiger partial charge in [-0.1, -0.05) is 182 Å². The smallest absolute Gasteiger partial charge is 0.306 e. The highest BCUT2D eigenvalue weighted by Gasteiger charge is 2.21. The van der Waals surface area contributed by atoms with Gasteiger partial charge in [0.05, 0.1) is 40.3 Å². The molecular weight excluding hydrogens is 827 g/mol. The Labute approximate surface area is 403 Å². The molecule has 2 unspecified atom stereocenters. The van der Waals surface area contributed by atoms with Gasteiger partial charge in [-0.2, -0.15) is 0 Å². The number of carbonyl (C=O) groups is 3. The van der Waals surface area contributed by atoms with Gasteiger partial charge < -0.3 is 33.3 Å². The SMILES string of the molecule is CC/C=C\C/C=C\C/C=C\C/C=C\C/C=C\C/C=C\C/C=C\CCCCCCCCCCCC(=O)OC(COC(=O)CCCCCCC/C=C\CCC)COC(OCC[N+](C)(C)C)C(=O)[O-]. The normalized spacial score (nSPS) is 13.7. The average molecular weight is 922 g/mol. The van der Waals surface area contributed by atoms with Crippen LogP contribution in [0.3, 0.4) is 0 Å². The molecule has 0 aliphatic heterocycles. The molecule has 0 aliphatic carbocycles. The molecule has 9 nitrogen and oxygen atoms in total. The summed E-state index contributed by atoms with van der Waals surface area (Å²) in [4.78, 5) is 37.0. The third-order valence-electron chi connectivity index (χ3n) is 10.5. The molecule has 0 aromatic rings. The molecule has 0 fully saturated rings. The number of carboxylic acid groups (broad SMARTS) is 1. The standard InChI is InChI=1S/C57H95NO8/c1-6-8-10-12-14-16-18-19-20-21-22-23-24-25-26-27-28-29-30-31-32-33-34-35-36-37-38-40-42-44-46-48-55(60)66-53(52-65-57(56(61)62)63-50-49-58(3,4)5)51-64-54(59)47-45-43-41-39-17-15-13-11-9-7-2/h8,10-11,13-14,16,19-20,22-23,25-26,28-29,31-32,53,57H,6-7,9,12,15,17-18,21,24,27,30,33-52H2,1-5H3/b10-8-,13-11-,16-14-,20-19-,23-22-,26-25-,29-28-,32-31-. The number of unbranched alkanes of at least 4 members (excludes halogenated alkanes) is 15. The fraction of sp³-hybridized carbons (Fsp3) is 0.667. The minimum atomic E-state index is -1.63. The molecule has 0 rings (SSSR count). The fourth-order valence-electron chi connectivity index (χ4n) is 6.58. The average Bonchev–Trinajstić information content (AvgIpc) is 3.28. The summed E-state index contributed by atoms with van der Waals surface area (Å²) in [6, 6.07) is 0. The highest BCUT2D eigenvalue weighted by atomic mass is 16.7. The Kier molecular flexibility index (Phi) is 45.0. The van der Waals surface area contributed by atoms with E-state index in [1.165, 1.54) is 38.5 Å². The molecule has 2 atom stereocenters. The number of rotatable bonds is 46. The van der Waals surface area contributed by atoms with E-state index in [2.05, 4.69) is 111 Å². The Hall–Kier alpha value is -3.79. The fourth-order valence-corrected chi connectivity index (χ4v) is 6.58. The van der Waals surface area contributed by atoms with Gasteiger partial charge in [-0.3, -0.25) is 9.59 Å². The van der Waals surface area contributed by atoms with Crippen molar-refractivity contribution in [2.75, 3.05) is 47.5 Å². The number of hydrogen-bond donors (Lipinski definition) is 0. The third-order valence-corrected chi connectivity index (χ3v) is 10.5. The van der Waals surface area contributed by atoms with Crippen LogP contribution in [-0.2, 0) is 33.3 Å². The van der Waals surface area contributed by atoms with Crippen molar-refractivity contribution in [2.24, 2.45) is 0 Å². The number of carbonyl (C=O) groups excluding carboxylic acids is 3. The minimum absolute atomic E-state index is 0.140. The zero-order valence-corrected chi connectivity index (χ0v) is 42.5. The maximum absolute atomic E-state index is 12.8. The van der Waals surface area contributed by atoms with Crippen molar-refractivity contribution in [1.82, 2.24) is 0 Å². The predicted molar refractivity (Wildman–Crippen MR) is 274 cm³/mol. The summed E-state index contributed by atoms with van der Waals surface area (Å²) in [7, 11) is 5.90. The van der Waals surface area contributed by atoms with Crippen LogP contribution >= 0.6 is 0 Å². The molecule has 0 N–H and O–H groups in total. The molecular formula is C57H95NO8. The van der Waals surface area contributed by atoms with Crippen molar-refractivity contribution in [3.63, 3.8) is 0 Å².